The summed E-state index contributed by atoms with van der Waals surface area (Å²) >= 11 is 1.06. The number of aromatic nitrogens is 5. The molecule has 0 unspecified atom stereocenters. The second-order valence-electron chi connectivity index (χ2n) is 5.43. The Labute approximate surface area is 145 Å². The highest BCUT2D eigenvalue weighted by Crippen LogP contribution is 2.36. The third kappa shape index (κ3) is 3.68. The van der Waals surface area contributed by atoms with Crippen molar-refractivity contribution in [3.63, 3.8) is 0 Å². The first-order valence-corrected chi connectivity index (χ1v) is 8.17. The van der Waals surface area contributed by atoms with Gasteiger partial charge in [0.15, 0.2) is 5.16 Å². The summed E-state index contributed by atoms with van der Waals surface area (Å²) in [4.78, 5) is 0. The minimum Gasteiger partial charge on any atom is -0.419 e. The minimum absolute atomic E-state index is 0.120. The Balaban J connectivity index is 1.77. The molecule has 0 saturated carbocycles. The van der Waals surface area contributed by atoms with Crippen LogP contribution in [0.5, 0.6) is 0 Å². The predicted molar refractivity (Wildman–Crippen MR) is 84.7 cm³/mol. The summed E-state index contributed by atoms with van der Waals surface area (Å²) in [5, 5.41) is 14.5. The van der Waals surface area contributed by atoms with Crippen molar-refractivity contribution in [2.24, 2.45) is 7.05 Å². The quantitative estimate of drug-likeness (QED) is 0.647. The molecule has 132 valence electrons. The Bertz CT molecular complexity index is 872. The SMILES string of the molecule is Cc1ccc(-c2nnc([C@H](C)Sc3nnc(C(F)(F)F)n3C)o2)cc1. The van der Waals surface area contributed by atoms with Crippen LogP contribution in [0.4, 0.5) is 13.2 Å². The van der Waals surface area contributed by atoms with Crippen LogP contribution in [0.2, 0.25) is 0 Å². The Hall–Kier alpha value is -2.36. The molecule has 0 saturated heterocycles. The zero-order valence-corrected chi connectivity index (χ0v) is 14.4. The fraction of sp³-hybridized carbons (Fsp3) is 0.333. The lowest BCUT2D eigenvalue weighted by molar-refractivity contribution is -0.147. The zero-order valence-electron chi connectivity index (χ0n) is 13.6. The van der Waals surface area contributed by atoms with E-state index >= 15 is 0 Å². The Kier molecular flexibility index (Phi) is 4.55. The summed E-state index contributed by atoms with van der Waals surface area (Å²) in [6, 6.07) is 7.58. The van der Waals surface area contributed by atoms with Crippen LogP contribution in [0.3, 0.4) is 0 Å². The molecule has 0 aliphatic rings. The molecule has 0 bridgehead atoms. The van der Waals surface area contributed by atoms with E-state index in [1.807, 2.05) is 31.2 Å². The third-order valence-electron chi connectivity index (χ3n) is 3.46. The second kappa shape index (κ2) is 6.51. The lowest BCUT2D eigenvalue weighted by atomic mass is 10.1. The number of hydrogen-bond acceptors (Lipinski definition) is 6. The molecule has 0 amide bonds. The second-order valence-corrected chi connectivity index (χ2v) is 6.74. The maximum absolute atomic E-state index is 12.8. The highest BCUT2D eigenvalue weighted by atomic mass is 32.2. The number of halogens is 3. The Morgan fingerprint density at radius 2 is 1.76 bits per heavy atom. The molecule has 10 heteroatoms. The zero-order chi connectivity index (χ0) is 18.2. The first-order valence-electron chi connectivity index (χ1n) is 7.29. The van der Waals surface area contributed by atoms with Gasteiger partial charge in [0.05, 0.1) is 5.25 Å². The molecular formula is C15H14F3N5OS. The van der Waals surface area contributed by atoms with Gasteiger partial charge in [-0.1, -0.05) is 29.5 Å². The van der Waals surface area contributed by atoms with Crippen molar-refractivity contribution in [1.82, 2.24) is 25.0 Å². The molecule has 6 nitrogen and oxygen atoms in total. The number of thioether (sulfide) groups is 1. The lowest BCUT2D eigenvalue weighted by Gasteiger charge is -2.08. The molecule has 25 heavy (non-hydrogen) atoms. The smallest absolute Gasteiger partial charge is 0.419 e. The summed E-state index contributed by atoms with van der Waals surface area (Å²) in [7, 11) is 1.27. The van der Waals surface area contributed by atoms with Gasteiger partial charge in [0.1, 0.15) is 0 Å². The first-order chi connectivity index (χ1) is 11.8. The van der Waals surface area contributed by atoms with E-state index < -0.39 is 12.0 Å². The van der Waals surface area contributed by atoms with Crippen LogP contribution in [-0.2, 0) is 13.2 Å². The van der Waals surface area contributed by atoms with Crippen molar-refractivity contribution >= 4 is 11.8 Å². The van der Waals surface area contributed by atoms with Crippen molar-refractivity contribution in [3.8, 4) is 11.5 Å². The van der Waals surface area contributed by atoms with Gasteiger partial charge in [0.25, 0.3) is 0 Å². The van der Waals surface area contributed by atoms with Crippen LogP contribution < -0.4 is 0 Å². The topological polar surface area (TPSA) is 69.6 Å². The lowest BCUT2D eigenvalue weighted by Crippen LogP contribution is -2.13. The molecular weight excluding hydrogens is 355 g/mol. The average molecular weight is 369 g/mol. The molecule has 0 aliphatic carbocycles. The van der Waals surface area contributed by atoms with Crippen LogP contribution in [-0.4, -0.2) is 25.0 Å². The van der Waals surface area contributed by atoms with Crippen LogP contribution in [0.1, 0.15) is 29.5 Å². The molecule has 1 atom stereocenters. The van der Waals surface area contributed by atoms with Crippen molar-refractivity contribution in [2.75, 3.05) is 0 Å². The maximum atomic E-state index is 12.8. The van der Waals surface area contributed by atoms with E-state index in [1.165, 1.54) is 7.05 Å². The van der Waals surface area contributed by atoms with Gasteiger partial charge >= 0.3 is 6.18 Å². The molecule has 2 aromatic heterocycles. The normalized spacial score (nSPS) is 13.2. The van der Waals surface area contributed by atoms with E-state index in [-0.39, 0.29) is 10.4 Å². The van der Waals surface area contributed by atoms with Crippen LogP contribution >= 0.6 is 11.8 Å². The largest absolute Gasteiger partial charge is 0.451 e. The predicted octanol–water partition coefficient (Wildman–Crippen LogP) is 4.05. The summed E-state index contributed by atoms with van der Waals surface area (Å²) < 4.78 is 44.8. The average Bonchev–Trinajstić information content (AvgIpc) is 3.15. The standard InChI is InChI=1S/C15H14F3N5OS/c1-8-4-6-10(7-5-8)12-20-19-11(24-12)9(2)25-14-22-21-13(23(14)3)15(16,17)18/h4-7,9H,1-3H3/t9-/m0/s1. The highest BCUT2D eigenvalue weighted by molar-refractivity contribution is 7.99. The van der Waals surface area contributed by atoms with E-state index in [0.29, 0.717) is 11.8 Å². The maximum Gasteiger partial charge on any atom is 0.451 e. The molecule has 1 aromatic carbocycles. The van der Waals surface area contributed by atoms with Gasteiger partial charge < -0.3 is 8.98 Å². The fourth-order valence-electron chi connectivity index (χ4n) is 2.08. The van der Waals surface area contributed by atoms with Gasteiger partial charge in [-0.05, 0) is 26.0 Å². The highest BCUT2D eigenvalue weighted by Gasteiger charge is 2.37. The molecule has 0 fully saturated rings. The van der Waals surface area contributed by atoms with Gasteiger partial charge in [-0.25, -0.2) is 0 Å². The summed E-state index contributed by atoms with van der Waals surface area (Å²) in [5.74, 6) is -0.387. The molecule has 3 aromatic rings. The van der Waals surface area contributed by atoms with Gasteiger partial charge in [-0.2, -0.15) is 13.2 Å². The Morgan fingerprint density at radius 3 is 2.36 bits per heavy atom. The Morgan fingerprint density at radius 1 is 1.08 bits per heavy atom. The summed E-state index contributed by atoms with van der Waals surface area (Å²) in [5.41, 5.74) is 1.88. The van der Waals surface area contributed by atoms with Crippen molar-refractivity contribution in [3.05, 3.63) is 41.5 Å². The van der Waals surface area contributed by atoms with E-state index in [2.05, 4.69) is 20.4 Å². The van der Waals surface area contributed by atoms with Gasteiger partial charge in [-0.15, -0.1) is 20.4 Å². The number of rotatable bonds is 4. The van der Waals surface area contributed by atoms with Crippen molar-refractivity contribution in [2.45, 2.75) is 30.4 Å². The van der Waals surface area contributed by atoms with Gasteiger partial charge in [0, 0.05) is 12.6 Å². The van der Waals surface area contributed by atoms with Crippen LogP contribution in [0.15, 0.2) is 33.8 Å². The third-order valence-corrected chi connectivity index (χ3v) is 4.58. The minimum atomic E-state index is -4.55. The number of alkyl halides is 3. The van der Waals surface area contributed by atoms with Gasteiger partial charge in [0.2, 0.25) is 17.6 Å². The van der Waals surface area contributed by atoms with E-state index in [0.717, 1.165) is 27.5 Å². The molecule has 2 heterocycles. The van der Waals surface area contributed by atoms with Gasteiger partial charge in [-0.3, -0.25) is 0 Å². The number of benzene rings is 1. The summed E-state index contributed by atoms with van der Waals surface area (Å²) in [6.07, 6.45) is -4.55. The molecule has 3 rings (SSSR count). The molecule has 0 spiro atoms. The fourth-order valence-corrected chi connectivity index (χ4v) is 2.93. The first kappa shape index (κ1) is 17.5. The van der Waals surface area contributed by atoms with Crippen LogP contribution in [0.25, 0.3) is 11.5 Å². The van der Waals surface area contributed by atoms with Crippen molar-refractivity contribution < 1.29 is 17.6 Å². The van der Waals surface area contributed by atoms with E-state index in [4.69, 9.17) is 4.42 Å². The van der Waals surface area contributed by atoms with Crippen molar-refractivity contribution in [1.29, 1.82) is 0 Å². The number of hydrogen-bond donors (Lipinski definition) is 0. The summed E-state index contributed by atoms with van der Waals surface area (Å²) in [6.45, 7) is 3.72. The monoisotopic (exact) mass is 369 g/mol. The molecule has 0 N–H and O–H groups in total. The van der Waals surface area contributed by atoms with Crippen LogP contribution in [0, 0.1) is 6.92 Å². The molecule has 0 radical (unpaired) electrons. The molecule has 0 aliphatic heterocycles. The number of aryl methyl sites for hydroxylation is 1. The number of nitrogens with zero attached hydrogens (tertiary/aromatic N) is 5. The van der Waals surface area contributed by atoms with E-state index in [9.17, 15) is 13.2 Å². The van der Waals surface area contributed by atoms with E-state index in [1.54, 1.807) is 6.92 Å².